The van der Waals surface area contributed by atoms with E-state index in [4.69, 9.17) is 11.5 Å². The molecule has 2 fully saturated rings. The van der Waals surface area contributed by atoms with E-state index in [9.17, 15) is 38.4 Å². The van der Waals surface area contributed by atoms with Crippen molar-refractivity contribution in [3.8, 4) is 0 Å². The van der Waals surface area contributed by atoms with E-state index in [-0.39, 0.29) is 70.4 Å². The number of hydrogen-bond donors (Lipinski definition) is 11. The molecule has 0 radical (unpaired) electrons. The van der Waals surface area contributed by atoms with E-state index in [1.54, 1.807) is 36.5 Å². The fourth-order valence-corrected chi connectivity index (χ4v) is 9.65. The first-order chi connectivity index (χ1) is 35.6. The summed E-state index contributed by atoms with van der Waals surface area (Å²) in [4.78, 5) is 128. The highest BCUT2D eigenvalue weighted by atomic mass is 16.2. The number of amides is 10. The summed E-state index contributed by atoms with van der Waals surface area (Å²) in [7, 11) is 0. The van der Waals surface area contributed by atoms with Gasteiger partial charge in [-0.1, -0.05) is 92.2 Å². The van der Waals surface area contributed by atoms with Gasteiger partial charge >= 0.3 is 6.03 Å². The van der Waals surface area contributed by atoms with E-state index in [2.05, 4.69) is 47.5 Å². The molecule has 1 spiro atoms. The highest BCUT2D eigenvalue weighted by molar-refractivity contribution is 6.00. The van der Waals surface area contributed by atoms with E-state index in [1.165, 1.54) is 0 Å². The maximum absolute atomic E-state index is 15.2. The van der Waals surface area contributed by atoms with Crippen LogP contribution in [0.3, 0.4) is 0 Å². The second kappa shape index (κ2) is 27.3. The minimum absolute atomic E-state index is 0.0338. The number of fused-ring (bicyclic) bond motifs is 1. The van der Waals surface area contributed by atoms with Crippen molar-refractivity contribution >= 4 is 64.2 Å². The zero-order valence-corrected chi connectivity index (χ0v) is 42.0. The van der Waals surface area contributed by atoms with Crippen LogP contribution in [0.5, 0.6) is 0 Å². The van der Waals surface area contributed by atoms with Gasteiger partial charge in [-0.15, -0.1) is 0 Å². The van der Waals surface area contributed by atoms with Crippen LogP contribution in [-0.4, -0.2) is 107 Å². The van der Waals surface area contributed by atoms with Crippen LogP contribution in [0, 0.1) is 0 Å². The summed E-state index contributed by atoms with van der Waals surface area (Å²) in [6.45, 7) is 2.06. The molecule has 1 aromatic heterocycles. The van der Waals surface area contributed by atoms with Gasteiger partial charge in [0.25, 0.3) is 0 Å². The van der Waals surface area contributed by atoms with Crippen LogP contribution in [0.4, 0.5) is 4.79 Å². The van der Waals surface area contributed by atoms with Gasteiger partial charge in [-0.2, -0.15) is 0 Å². The van der Waals surface area contributed by atoms with Crippen molar-refractivity contribution in [3.63, 3.8) is 0 Å². The lowest BCUT2D eigenvalue weighted by Crippen LogP contribution is -2.66. The molecule has 1 aliphatic carbocycles. The average molecular weight is 1020 g/mol. The number of hydrogen-bond acceptors (Lipinski definition) is 9. The number of para-hydroxylation sites is 1. The lowest BCUT2D eigenvalue weighted by molar-refractivity contribution is -0.140. The van der Waals surface area contributed by atoms with Crippen LogP contribution >= 0.6 is 0 Å². The molecule has 6 rings (SSSR count). The summed E-state index contributed by atoms with van der Waals surface area (Å²) < 4.78 is 0. The Hall–Kier alpha value is -7.77. The molecule has 2 heterocycles. The topological polar surface area (TPSA) is 318 Å². The van der Waals surface area contributed by atoms with Crippen molar-refractivity contribution in [2.75, 3.05) is 13.1 Å². The maximum Gasteiger partial charge on any atom is 0.312 e. The number of nitrogens with one attached hydrogen (secondary N) is 9. The molecule has 4 aromatic rings. The first-order valence-electron chi connectivity index (χ1n) is 25.7. The van der Waals surface area contributed by atoms with Gasteiger partial charge in [0.2, 0.25) is 47.3 Å². The zero-order chi connectivity index (χ0) is 53.0. The number of benzene rings is 3. The molecule has 396 valence electrons. The smallest absolute Gasteiger partial charge is 0.312 e. The Morgan fingerprint density at radius 3 is 2.05 bits per heavy atom. The third kappa shape index (κ3) is 16.1. The van der Waals surface area contributed by atoms with Gasteiger partial charge in [-0.05, 0) is 92.9 Å². The highest BCUT2D eigenvalue weighted by Gasteiger charge is 2.46. The normalized spacial score (nSPS) is 24.0. The lowest BCUT2D eigenvalue weighted by Gasteiger charge is -2.41. The lowest BCUT2D eigenvalue weighted by atomic mass is 9.73. The van der Waals surface area contributed by atoms with E-state index in [1.807, 2.05) is 61.5 Å². The van der Waals surface area contributed by atoms with Crippen molar-refractivity contribution < 1.29 is 43.2 Å². The maximum atomic E-state index is 15.2. The predicted molar refractivity (Wildman–Crippen MR) is 277 cm³/mol. The van der Waals surface area contributed by atoms with E-state index >= 15 is 4.79 Å². The minimum atomic E-state index is -1.62. The molecule has 1 aliphatic heterocycles. The standard InChI is InChI=1S/C54H71N11O9/c1-2-3-23-45(66)60-44-32-46(67)57-28-13-12-21-40(47(55)68)61-50(71)43(31-37-33-59-39-20-11-10-19-38(37)39)63-48(69)41(22-14-29-58-53(56)74)62-49(70)42(30-34-15-6-4-7-16-34)64-52(73)54(65-51(44)72)26-24-36(25-27-54)35-17-8-5-9-18-35/h4-11,15-20,33,36,40-44,59H,2-3,12-14,21-32H2,1H3,(H2,55,68)(H,57,67)(H,60,66)(H,61,71)(H,62,70)(H,63,69)(H,64,73)(H,65,72)(H3,56,58,74)/t36?,40-,41-,42+,43-,44?,54?/m0/s1. The van der Waals surface area contributed by atoms with Gasteiger partial charge in [-0.3, -0.25) is 38.4 Å². The van der Waals surface area contributed by atoms with Gasteiger partial charge in [-0.25, -0.2) is 4.79 Å². The first kappa shape index (κ1) is 55.5. The summed E-state index contributed by atoms with van der Waals surface area (Å²) in [6.07, 6.45) is 4.51. The average Bonchev–Trinajstić information content (AvgIpc) is 3.80. The summed E-state index contributed by atoms with van der Waals surface area (Å²) in [5.41, 5.74) is 12.7. The number of aromatic amines is 1. The molecular weight excluding hydrogens is 947 g/mol. The zero-order valence-electron chi connectivity index (χ0n) is 42.0. The fourth-order valence-electron chi connectivity index (χ4n) is 9.65. The number of carbonyl (C=O) groups is 9. The number of nitrogens with two attached hydrogens (primary N) is 2. The Morgan fingerprint density at radius 2 is 1.35 bits per heavy atom. The molecule has 10 amide bonds. The molecule has 5 atom stereocenters. The first-order valence-corrected chi connectivity index (χ1v) is 25.7. The molecule has 20 heteroatoms. The number of rotatable bonds is 14. The van der Waals surface area contributed by atoms with Crippen molar-refractivity contribution in [1.29, 1.82) is 0 Å². The number of unbranched alkanes of at least 4 members (excludes halogenated alkanes) is 1. The monoisotopic (exact) mass is 1020 g/mol. The van der Waals surface area contributed by atoms with Gasteiger partial charge in [0, 0.05) is 49.5 Å². The molecule has 2 aliphatic rings. The number of aromatic nitrogens is 1. The van der Waals surface area contributed by atoms with Crippen LogP contribution in [-0.2, 0) is 51.2 Å². The molecule has 20 nitrogen and oxygen atoms in total. The summed E-state index contributed by atoms with van der Waals surface area (Å²) in [5, 5.41) is 23.0. The SMILES string of the molecule is CCCCC(=O)NC1CC(=O)NCCCC[C@@H](C(N)=O)NC(=O)[C@H](Cc2c[nH]c3ccccc23)NC(=O)[C@H](CCCNC(N)=O)NC(=O)[C@@H](Cc2ccccc2)NC(=O)C2(CCC(c3ccccc3)CC2)NC1=O. The van der Waals surface area contributed by atoms with Crippen molar-refractivity contribution in [2.24, 2.45) is 11.5 Å². The van der Waals surface area contributed by atoms with Gasteiger partial charge in [0.1, 0.15) is 35.7 Å². The molecule has 13 N–H and O–H groups in total. The molecule has 1 saturated heterocycles. The Balaban J connectivity index is 1.39. The molecule has 1 saturated carbocycles. The third-order valence-electron chi connectivity index (χ3n) is 13.8. The van der Waals surface area contributed by atoms with E-state index < -0.39 is 95.5 Å². The van der Waals surface area contributed by atoms with Crippen LogP contribution in [0.1, 0.15) is 113 Å². The number of urea groups is 1. The Bertz CT molecular complexity index is 2580. The van der Waals surface area contributed by atoms with Gasteiger partial charge in [0.15, 0.2) is 0 Å². The molecular formula is C54H71N11O9. The van der Waals surface area contributed by atoms with Crippen LogP contribution in [0.25, 0.3) is 10.9 Å². The number of H-pyrrole nitrogens is 1. The van der Waals surface area contributed by atoms with Crippen molar-refractivity contribution in [3.05, 3.63) is 108 Å². The second-order valence-corrected chi connectivity index (χ2v) is 19.3. The van der Waals surface area contributed by atoms with Crippen LogP contribution in [0.15, 0.2) is 91.1 Å². The molecule has 1 unspecified atom stereocenters. The predicted octanol–water partition coefficient (Wildman–Crippen LogP) is 2.40. The Labute approximate surface area is 430 Å². The van der Waals surface area contributed by atoms with Crippen LogP contribution < -0.4 is 54.0 Å². The van der Waals surface area contributed by atoms with Gasteiger partial charge in [0.05, 0.1) is 6.42 Å². The third-order valence-corrected chi connectivity index (χ3v) is 13.8. The number of primary amides is 2. The second-order valence-electron chi connectivity index (χ2n) is 19.3. The summed E-state index contributed by atoms with van der Waals surface area (Å²) in [6, 6.07) is 18.7. The Kier molecular flexibility index (Phi) is 20.5. The largest absolute Gasteiger partial charge is 0.368 e. The number of carbonyl (C=O) groups excluding carboxylic acids is 9. The fraction of sp³-hybridized carbons (Fsp3) is 0.463. The quantitative estimate of drug-likeness (QED) is 0.0826. The van der Waals surface area contributed by atoms with Gasteiger partial charge < -0.3 is 59.0 Å². The van der Waals surface area contributed by atoms with E-state index in [0.717, 1.165) is 16.5 Å². The molecule has 3 aromatic carbocycles. The molecule has 74 heavy (non-hydrogen) atoms. The van der Waals surface area contributed by atoms with Crippen molar-refractivity contribution in [1.82, 2.24) is 47.5 Å². The highest BCUT2D eigenvalue weighted by Crippen LogP contribution is 2.38. The van der Waals surface area contributed by atoms with Crippen LogP contribution in [0.2, 0.25) is 0 Å². The minimum Gasteiger partial charge on any atom is -0.368 e. The summed E-state index contributed by atoms with van der Waals surface area (Å²) >= 11 is 0. The van der Waals surface area contributed by atoms with E-state index in [0.29, 0.717) is 49.7 Å². The summed E-state index contributed by atoms with van der Waals surface area (Å²) in [5.74, 6) is -5.52. The Morgan fingerprint density at radius 1 is 0.703 bits per heavy atom. The molecule has 0 bridgehead atoms. The van der Waals surface area contributed by atoms with Crippen molar-refractivity contribution in [2.45, 2.75) is 145 Å².